The van der Waals surface area contributed by atoms with E-state index in [9.17, 15) is 9.59 Å². The second-order valence-electron chi connectivity index (χ2n) is 16.9. The van der Waals surface area contributed by atoms with E-state index in [4.69, 9.17) is 9.97 Å². The van der Waals surface area contributed by atoms with Crippen molar-refractivity contribution in [3.05, 3.63) is 196 Å². The molecule has 0 spiro atoms. The summed E-state index contributed by atoms with van der Waals surface area (Å²) in [6.07, 6.45) is 1.72. The number of fused-ring (bicyclic) bond motifs is 2. The number of nitrogens with one attached hydrogen (secondary N) is 1. The molecule has 0 fully saturated rings. The lowest BCUT2D eigenvalue weighted by molar-refractivity contribution is 0.156. The van der Waals surface area contributed by atoms with Crippen LogP contribution >= 0.6 is 54.5 Å². The molecular formula is C53H60Br2N8O2S2. The highest BCUT2D eigenvalue weighted by Crippen LogP contribution is 2.30. The van der Waals surface area contributed by atoms with Gasteiger partial charge in [0.15, 0.2) is 0 Å². The van der Waals surface area contributed by atoms with E-state index in [0.717, 1.165) is 93.5 Å². The van der Waals surface area contributed by atoms with Gasteiger partial charge in [-0.25, -0.2) is 9.97 Å². The molecular weight excluding hydrogens is 1000 g/mol. The summed E-state index contributed by atoms with van der Waals surface area (Å²) in [5.41, 5.74) is 4.76. The number of halogens is 2. The highest BCUT2D eigenvalue weighted by molar-refractivity contribution is 9.10. The second kappa shape index (κ2) is 24.6. The molecule has 8 aromatic rings. The van der Waals surface area contributed by atoms with Gasteiger partial charge in [-0.1, -0.05) is 131 Å². The van der Waals surface area contributed by atoms with Gasteiger partial charge in [0.05, 0.1) is 35.9 Å². The summed E-state index contributed by atoms with van der Waals surface area (Å²) < 4.78 is 5.92. The van der Waals surface area contributed by atoms with Crippen LogP contribution in [0.4, 0.5) is 0 Å². The average molecular weight is 1070 g/mol. The Morgan fingerprint density at radius 3 is 1.37 bits per heavy atom. The maximum absolute atomic E-state index is 13.6. The minimum Gasteiger partial charge on any atom is -0.318 e. The van der Waals surface area contributed by atoms with Crippen LogP contribution in [0, 0.1) is 0 Å². The maximum atomic E-state index is 13.6. The normalized spacial score (nSPS) is 12.6. The number of hydrogen-bond donors (Lipinski definition) is 1. The molecule has 4 aromatic heterocycles. The number of nitrogens with zero attached hydrogens (tertiary/aromatic N) is 7. The Morgan fingerprint density at radius 2 is 0.985 bits per heavy atom. The topological polar surface area (TPSA) is 91.5 Å². The van der Waals surface area contributed by atoms with Crippen LogP contribution in [0.3, 0.4) is 0 Å². The van der Waals surface area contributed by atoms with Gasteiger partial charge in [0.2, 0.25) is 0 Å². The standard InChI is InChI=1S/C27H31BrN4OS.C26H29BrN4OS/c1-4-24(31(16-15-30(2)3)18-21-10-12-22(28)13-11-21)25-29-26-23(14-17-34-26)27(33)32(25)19-20-8-6-5-7-9-20;1-3-23(30(15-14-28-2)17-20-9-11-21(27)12-10-20)24-29-25-22(13-16-33-25)26(32)31(24)18-19-7-5-4-6-8-19/h5-14,17,24H,4,15-16,18-19H2,1-3H3;4-13,16,23,28H,3,14-15,17-18H2,1-2H3. The smallest absolute Gasteiger partial charge is 0.262 e. The van der Waals surface area contributed by atoms with E-state index in [1.54, 1.807) is 0 Å². The summed E-state index contributed by atoms with van der Waals surface area (Å²) in [5, 5.41) is 8.59. The van der Waals surface area contributed by atoms with E-state index in [-0.39, 0.29) is 23.2 Å². The summed E-state index contributed by atoms with van der Waals surface area (Å²) in [4.78, 5) is 46.1. The SMILES string of the molecule is CCC(c1nc2sccc2c(=O)n1Cc1ccccc1)N(CCN(C)C)Cc1ccc(Br)cc1.CCC(c1nc2sccc2c(=O)n1Cc1ccccc1)N(CCNC)Cc1ccc(Br)cc1. The third kappa shape index (κ3) is 13.1. The lowest BCUT2D eigenvalue weighted by atomic mass is 10.1. The van der Waals surface area contributed by atoms with Crippen molar-refractivity contribution in [2.45, 2.75) is 65.0 Å². The van der Waals surface area contributed by atoms with Crippen LogP contribution in [0.5, 0.6) is 0 Å². The van der Waals surface area contributed by atoms with Gasteiger partial charge in [-0.2, -0.15) is 0 Å². The molecule has 0 saturated heterocycles. The maximum Gasteiger partial charge on any atom is 0.262 e. The van der Waals surface area contributed by atoms with E-state index in [0.29, 0.717) is 23.9 Å². The molecule has 0 aliphatic heterocycles. The Morgan fingerprint density at radius 1 is 0.567 bits per heavy atom. The molecule has 1 N–H and O–H groups in total. The Hall–Kier alpha value is -4.64. The van der Waals surface area contributed by atoms with Crippen molar-refractivity contribution < 1.29 is 0 Å². The minimum absolute atomic E-state index is 0.0184. The third-order valence-electron chi connectivity index (χ3n) is 11.9. The van der Waals surface area contributed by atoms with Gasteiger partial charge >= 0.3 is 0 Å². The van der Waals surface area contributed by atoms with Crippen molar-refractivity contribution in [3.8, 4) is 0 Å². The van der Waals surface area contributed by atoms with Crippen molar-refractivity contribution in [1.82, 2.24) is 39.1 Å². The molecule has 67 heavy (non-hydrogen) atoms. The zero-order valence-electron chi connectivity index (χ0n) is 38.9. The fourth-order valence-electron chi connectivity index (χ4n) is 8.41. The van der Waals surface area contributed by atoms with E-state index in [1.165, 1.54) is 33.8 Å². The van der Waals surface area contributed by atoms with Crippen LogP contribution in [-0.4, -0.2) is 81.1 Å². The first-order chi connectivity index (χ1) is 32.6. The number of thiophene rings is 2. The van der Waals surface area contributed by atoms with Gasteiger partial charge < -0.3 is 10.2 Å². The van der Waals surface area contributed by atoms with E-state index < -0.39 is 0 Å². The quantitative estimate of drug-likeness (QED) is 0.0807. The summed E-state index contributed by atoms with van der Waals surface area (Å²) in [6, 6.07) is 41.1. The zero-order valence-corrected chi connectivity index (χ0v) is 43.8. The first kappa shape index (κ1) is 50.2. The fourth-order valence-corrected chi connectivity index (χ4v) is 10.5. The summed E-state index contributed by atoms with van der Waals surface area (Å²) in [7, 11) is 6.17. The molecule has 14 heteroatoms. The molecule has 10 nitrogen and oxygen atoms in total. The number of benzene rings is 4. The molecule has 0 bridgehead atoms. The summed E-state index contributed by atoms with van der Waals surface area (Å²) >= 11 is 10.1. The van der Waals surface area contributed by atoms with Gasteiger partial charge in [0.1, 0.15) is 21.3 Å². The fraction of sp³-hybridized carbons (Fsp3) is 0.321. The van der Waals surface area contributed by atoms with Gasteiger partial charge in [-0.3, -0.25) is 28.5 Å². The Labute approximate surface area is 419 Å². The highest BCUT2D eigenvalue weighted by Gasteiger charge is 2.27. The lowest BCUT2D eigenvalue weighted by Gasteiger charge is -2.33. The number of rotatable bonds is 20. The van der Waals surface area contributed by atoms with Crippen molar-refractivity contribution in [3.63, 3.8) is 0 Å². The van der Waals surface area contributed by atoms with E-state index in [1.807, 2.05) is 75.5 Å². The average Bonchev–Trinajstić information content (AvgIpc) is 4.03. The van der Waals surface area contributed by atoms with E-state index >= 15 is 0 Å². The van der Waals surface area contributed by atoms with Crippen LogP contribution in [0.25, 0.3) is 20.4 Å². The number of hydrogen-bond acceptors (Lipinski definition) is 10. The van der Waals surface area contributed by atoms with Gasteiger partial charge in [-0.05, 0) is 103 Å². The first-order valence-electron chi connectivity index (χ1n) is 22.9. The molecule has 0 aliphatic carbocycles. The van der Waals surface area contributed by atoms with Crippen molar-refractivity contribution >= 4 is 75.0 Å². The molecule has 0 aliphatic rings. The van der Waals surface area contributed by atoms with Crippen LogP contribution in [-0.2, 0) is 26.2 Å². The predicted octanol–water partition coefficient (Wildman–Crippen LogP) is 11.2. The summed E-state index contributed by atoms with van der Waals surface area (Å²) in [5.74, 6) is 1.69. The summed E-state index contributed by atoms with van der Waals surface area (Å²) in [6.45, 7) is 10.5. The van der Waals surface area contributed by atoms with Crippen LogP contribution in [0.2, 0.25) is 0 Å². The van der Waals surface area contributed by atoms with Crippen LogP contribution in [0.15, 0.2) is 151 Å². The molecule has 8 rings (SSSR count). The molecule has 2 atom stereocenters. The molecule has 0 radical (unpaired) electrons. The van der Waals surface area contributed by atoms with Gasteiger partial charge in [-0.15, -0.1) is 22.7 Å². The van der Waals surface area contributed by atoms with Gasteiger partial charge in [0.25, 0.3) is 11.1 Å². The Balaban J connectivity index is 0.000000199. The second-order valence-corrected chi connectivity index (χ2v) is 20.5. The van der Waals surface area contributed by atoms with E-state index in [2.05, 4.69) is 153 Å². The Bertz CT molecular complexity index is 2900. The van der Waals surface area contributed by atoms with Crippen molar-refractivity contribution in [2.75, 3.05) is 47.3 Å². The molecule has 0 amide bonds. The largest absolute Gasteiger partial charge is 0.318 e. The number of likely N-dealkylation sites (N-methyl/N-ethyl adjacent to an activating group) is 2. The Kier molecular flexibility index (Phi) is 18.4. The number of aromatic nitrogens is 4. The lowest BCUT2D eigenvalue weighted by Crippen LogP contribution is -2.38. The molecule has 4 heterocycles. The molecule has 350 valence electrons. The van der Waals surface area contributed by atoms with Crippen LogP contribution < -0.4 is 16.4 Å². The van der Waals surface area contributed by atoms with Crippen molar-refractivity contribution in [2.24, 2.45) is 0 Å². The first-order valence-corrected chi connectivity index (χ1v) is 26.2. The minimum atomic E-state index is 0.0184. The predicted molar refractivity (Wildman–Crippen MR) is 286 cm³/mol. The highest BCUT2D eigenvalue weighted by atomic mass is 79.9. The van der Waals surface area contributed by atoms with Crippen LogP contribution in [0.1, 0.15) is 72.7 Å². The van der Waals surface area contributed by atoms with Gasteiger partial charge in [0, 0.05) is 48.2 Å². The zero-order chi connectivity index (χ0) is 47.3. The molecule has 4 aromatic carbocycles. The van der Waals surface area contributed by atoms with Crippen molar-refractivity contribution in [1.29, 1.82) is 0 Å². The molecule has 2 unspecified atom stereocenters. The monoisotopic (exact) mass is 1060 g/mol. The molecule has 0 saturated carbocycles. The third-order valence-corrected chi connectivity index (χ3v) is 14.6.